The standard InChI is InChI=1S/C26H50O4.C10H22/c1-3-5-7-8-9-10-11-12-13-14-18-22-26(28)30-24-20-16-15-19-23-29-25(27)21-17-6-4-2;1-3-5-7-9-10-8-6-4-2/h3-24H2,1-2H3;3-10H2,1-2H3. The van der Waals surface area contributed by atoms with E-state index < -0.39 is 0 Å². The Morgan fingerprint density at radius 3 is 0.875 bits per heavy atom. The molecule has 240 valence electrons. The zero-order valence-electron chi connectivity index (χ0n) is 27.8. The minimum Gasteiger partial charge on any atom is -0.466 e. The van der Waals surface area contributed by atoms with E-state index in [4.69, 9.17) is 9.47 Å². The molecule has 0 saturated heterocycles. The number of unbranched alkanes of at least 4 members (excludes halogenated alkanes) is 22. The van der Waals surface area contributed by atoms with Crippen molar-refractivity contribution in [2.75, 3.05) is 13.2 Å². The molecular weight excluding hydrogens is 496 g/mol. The third-order valence-corrected chi connectivity index (χ3v) is 7.49. The van der Waals surface area contributed by atoms with Crippen molar-refractivity contribution in [3.63, 3.8) is 0 Å². The number of esters is 2. The van der Waals surface area contributed by atoms with Gasteiger partial charge in [-0.05, 0) is 38.5 Å². The Morgan fingerprint density at radius 2 is 0.550 bits per heavy atom. The Bertz CT molecular complexity index is 483. The average molecular weight is 569 g/mol. The molecule has 0 atom stereocenters. The van der Waals surface area contributed by atoms with Crippen molar-refractivity contribution in [3.8, 4) is 0 Å². The topological polar surface area (TPSA) is 52.6 Å². The Hall–Kier alpha value is -1.06. The molecule has 0 spiro atoms. The summed E-state index contributed by atoms with van der Waals surface area (Å²) in [5.74, 6) is -0.119. The predicted octanol–water partition coefficient (Wildman–Crippen LogP) is 12.1. The molecule has 4 heteroatoms. The zero-order valence-corrected chi connectivity index (χ0v) is 27.8. The van der Waals surface area contributed by atoms with Gasteiger partial charge in [0.05, 0.1) is 13.2 Å². The molecule has 0 aromatic heterocycles. The molecule has 0 aromatic carbocycles. The Morgan fingerprint density at radius 1 is 0.325 bits per heavy atom. The highest BCUT2D eigenvalue weighted by atomic mass is 16.5. The Kier molecular flexibility index (Phi) is 39.0. The normalized spacial score (nSPS) is 10.7. The summed E-state index contributed by atoms with van der Waals surface area (Å²) in [5, 5.41) is 0. The Balaban J connectivity index is 0. The molecule has 0 heterocycles. The number of rotatable bonds is 30. The molecule has 0 saturated carbocycles. The molecule has 0 aliphatic carbocycles. The number of hydrogen-bond donors (Lipinski definition) is 0. The first kappa shape index (κ1) is 41.1. The average Bonchev–Trinajstić information content (AvgIpc) is 2.95. The van der Waals surface area contributed by atoms with E-state index >= 15 is 0 Å². The Labute approximate surface area is 251 Å². The quantitative estimate of drug-likeness (QED) is 0.0638. The van der Waals surface area contributed by atoms with Crippen LogP contribution in [0.2, 0.25) is 0 Å². The van der Waals surface area contributed by atoms with Crippen LogP contribution in [0.25, 0.3) is 0 Å². The smallest absolute Gasteiger partial charge is 0.305 e. The van der Waals surface area contributed by atoms with Crippen molar-refractivity contribution in [2.45, 2.75) is 207 Å². The van der Waals surface area contributed by atoms with E-state index in [0.717, 1.165) is 57.8 Å². The highest BCUT2D eigenvalue weighted by molar-refractivity contribution is 5.69. The third-order valence-electron chi connectivity index (χ3n) is 7.49. The van der Waals surface area contributed by atoms with Gasteiger partial charge in [0.25, 0.3) is 0 Å². The van der Waals surface area contributed by atoms with Crippen molar-refractivity contribution in [3.05, 3.63) is 0 Å². The summed E-state index contributed by atoms with van der Waals surface area (Å²) >= 11 is 0. The minimum absolute atomic E-state index is 0.0491. The predicted molar refractivity (Wildman–Crippen MR) is 174 cm³/mol. The van der Waals surface area contributed by atoms with E-state index in [0.29, 0.717) is 26.1 Å². The van der Waals surface area contributed by atoms with E-state index in [1.165, 1.54) is 109 Å². The lowest BCUT2D eigenvalue weighted by Crippen LogP contribution is -2.06. The van der Waals surface area contributed by atoms with Gasteiger partial charge in [0.1, 0.15) is 0 Å². The fourth-order valence-corrected chi connectivity index (χ4v) is 4.73. The van der Waals surface area contributed by atoms with Gasteiger partial charge in [-0.15, -0.1) is 0 Å². The van der Waals surface area contributed by atoms with Gasteiger partial charge in [-0.3, -0.25) is 9.59 Å². The van der Waals surface area contributed by atoms with E-state index in [9.17, 15) is 9.59 Å². The summed E-state index contributed by atoms with van der Waals surface area (Å²) in [6, 6.07) is 0. The molecule has 0 fully saturated rings. The van der Waals surface area contributed by atoms with Crippen molar-refractivity contribution < 1.29 is 19.1 Å². The van der Waals surface area contributed by atoms with Crippen LogP contribution >= 0.6 is 0 Å². The lowest BCUT2D eigenvalue weighted by atomic mass is 10.1. The van der Waals surface area contributed by atoms with Crippen LogP contribution in [0, 0.1) is 0 Å². The van der Waals surface area contributed by atoms with E-state index in [1.54, 1.807) is 0 Å². The highest BCUT2D eigenvalue weighted by Gasteiger charge is 2.04. The minimum atomic E-state index is -0.0696. The molecule has 0 aliphatic heterocycles. The summed E-state index contributed by atoms with van der Waals surface area (Å²) < 4.78 is 10.5. The molecular formula is C36H72O4. The summed E-state index contributed by atoms with van der Waals surface area (Å²) in [5.41, 5.74) is 0. The van der Waals surface area contributed by atoms with E-state index in [1.807, 2.05) is 0 Å². The maximum Gasteiger partial charge on any atom is 0.305 e. The van der Waals surface area contributed by atoms with Gasteiger partial charge < -0.3 is 9.47 Å². The molecule has 0 N–H and O–H groups in total. The fraction of sp³-hybridized carbons (Fsp3) is 0.944. The lowest BCUT2D eigenvalue weighted by molar-refractivity contribution is -0.145. The van der Waals surface area contributed by atoms with Crippen molar-refractivity contribution in [2.24, 2.45) is 0 Å². The fourth-order valence-electron chi connectivity index (χ4n) is 4.73. The molecule has 0 rings (SSSR count). The molecule has 0 unspecified atom stereocenters. The van der Waals surface area contributed by atoms with E-state index in [2.05, 4.69) is 27.7 Å². The molecule has 0 aliphatic rings. The van der Waals surface area contributed by atoms with Gasteiger partial charge >= 0.3 is 11.9 Å². The van der Waals surface area contributed by atoms with Crippen LogP contribution in [0.3, 0.4) is 0 Å². The lowest BCUT2D eigenvalue weighted by Gasteiger charge is -2.06. The van der Waals surface area contributed by atoms with E-state index in [-0.39, 0.29) is 11.9 Å². The second kappa shape index (κ2) is 37.9. The number of carbonyl (C=O) groups is 2. The number of hydrogen-bond acceptors (Lipinski definition) is 4. The monoisotopic (exact) mass is 569 g/mol. The van der Waals surface area contributed by atoms with Crippen LogP contribution in [0.1, 0.15) is 207 Å². The van der Waals surface area contributed by atoms with Crippen LogP contribution in [0.4, 0.5) is 0 Å². The van der Waals surface area contributed by atoms with Crippen LogP contribution < -0.4 is 0 Å². The highest BCUT2D eigenvalue weighted by Crippen LogP contribution is 2.12. The summed E-state index contributed by atoms with van der Waals surface area (Å²) in [6.07, 6.45) is 33.8. The van der Waals surface area contributed by atoms with Crippen LogP contribution in [0.15, 0.2) is 0 Å². The van der Waals surface area contributed by atoms with Gasteiger partial charge in [-0.2, -0.15) is 0 Å². The SMILES string of the molecule is CCCCCCCCCC.CCCCCCCCCCCCCC(=O)OCCCCCCOC(=O)CCCCC. The summed E-state index contributed by atoms with van der Waals surface area (Å²) in [6.45, 7) is 9.96. The summed E-state index contributed by atoms with van der Waals surface area (Å²) in [4.78, 5) is 23.2. The molecule has 0 aromatic rings. The van der Waals surface area contributed by atoms with Gasteiger partial charge in [-0.1, -0.05) is 156 Å². The van der Waals surface area contributed by atoms with Gasteiger partial charge in [0.2, 0.25) is 0 Å². The number of ether oxygens (including phenoxy) is 2. The van der Waals surface area contributed by atoms with Gasteiger partial charge in [-0.25, -0.2) is 0 Å². The van der Waals surface area contributed by atoms with Gasteiger partial charge in [0, 0.05) is 12.8 Å². The van der Waals surface area contributed by atoms with Gasteiger partial charge in [0.15, 0.2) is 0 Å². The zero-order chi connectivity index (χ0) is 29.8. The molecule has 40 heavy (non-hydrogen) atoms. The van der Waals surface area contributed by atoms with Crippen LogP contribution in [-0.4, -0.2) is 25.2 Å². The van der Waals surface area contributed by atoms with Crippen LogP contribution in [0.5, 0.6) is 0 Å². The van der Waals surface area contributed by atoms with Crippen LogP contribution in [-0.2, 0) is 19.1 Å². The van der Waals surface area contributed by atoms with Crippen molar-refractivity contribution in [1.29, 1.82) is 0 Å². The molecule has 4 nitrogen and oxygen atoms in total. The molecule has 0 amide bonds. The largest absolute Gasteiger partial charge is 0.466 e. The molecule has 0 radical (unpaired) electrons. The maximum atomic E-state index is 11.7. The summed E-state index contributed by atoms with van der Waals surface area (Å²) in [7, 11) is 0. The van der Waals surface area contributed by atoms with Crippen molar-refractivity contribution >= 4 is 11.9 Å². The number of carbonyl (C=O) groups excluding carboxylic acids is 2. The first-order chi connectivity index (χ1) is 19.6. The second-order valence-corrected chi connectivity index (χ2v) is 11.7. The van der Waals surface area contributed by atoms with Crippen molar-refractivity contribution in [1.82, 2.24) is 0 Å². The first-order valence-corrected chi connectivity index (χ1v) is 17.9. The first-order valence-electron chi connectivity index (χ1n) is 17.9. The maximum absolute atomic E-state index is 11.7. The second-order valence-electron chi connectivity index (χ2n) is 11.7. The third kappa shape index (κ3) is 39.1. The molecule has 0 bridgehead atoms.